The van der Waals surface area contributed by atoms with Crippen molar-refractivity contribution in [2.45, 2.75) is 31.1 Å². The average Bonchev–Trinajstić information content (AvgIpc) is 2.38. The Bertz CT molecular complexity index is 584. The Balaban J connectivity index is 3.10. The molecule has 0 fully saturated rings. The molecule has 20 heavy (non-hydrogen) atoms. The third-order valence-electron chi connectivity index (χ3n) is 3.54. The van der Waals surface area contributed by atoms with Crippen molar-refractivity contribution in [3.63, 3.8) is 0 Å². The number of carbonyl (C=O) groups excluding carboxylic acids is 1. The van der Waals surface area contributed by atoms with Crippen LogP contribution >= 0.6 is 11.6 Å². The number of rotatable bonds is 5. The number of benzene rings is 1. The third kappa shape index (κ3) is 3.33. The fraction of sp³-hybridized carbons (Fsp3) is 0.500. The van der Waals surface area contributed by atoms with Crippen LogP contribution in [0.25, 0.3) is 0 Å². The normalized spacial score (nSPS) is 15.4. The molecule has 1 amide bonds. The van der Waals surface area contributed by atoms with Crippen LogP contribution in [0.5, 0.6) is 0 Å². The van der Waals surface area contributed by atoms with Gasteiger partial charge in [-0.2, -0.15) is 0 Å². The van der Waals surface area contributed by atoms with Crippen LogP contribution in [0.3, 0.4) is 0 Å². The molecule has 0 aliphatic carbocycles. The van der Waals surface area contributed by atoms with Gasteiger partial charge < -0.3 is 5.32 Å². The Labute approximate surface area is 125 Å². The van der Waals surface area contributed by atoms with Crippen molar-refractivity contribution in [1.82, 2.24) is 5.32 Å². The zero-order valence-electron chi connectivity index (χ0n) is 12.1. The Morgan fingerprint density at radius 3 is 2.10 bits per heavy atom. The van der Waals surface area contributed by atoms with E-state index in [1.807, 2.05) is 30.3 Å². The predicted molar refractivity (Wildman–Crippen MR) is 81.6 cm³/mol. The quantitative estimate of drug-likeness (QED) is 0.846. The number of amides is 1. The lowest BCUT2D eigenvalue weighted by Gasteiger charge is -2.33. The van der Waals surface area contributed by atoms with Crippen molar-refractivity contribution >= 4 is 27.3 Å². The first-order valence-corrected chi connectivity index (χ1v) is 8.61. The van der Waals surface area contributed by atoms with Gasteiger partial charge in [-0.1, -0.05) is 30.3 Å². The molecule has 0 spiro atoms. The van der Waals surface area contributed by atoms with E-state index in [1.54, 1.807) is 6.92 Å². The van der Waals surface area contributed by atoms with E-state index in [1.165, 1.54) is 13.8 Å². The minimum Gasteiger partial charge on any atom is -0.344 e. The lowest BCUT2D eigenvalue weighted by Crippen LogP contribution is -2.55. The summed E-state index contributed by atoms with van der Waals surface area (Å²) in [4.78, 5) is 12.3. The van der Waals surface area contributed by atoms with Gasteiger partial charge in [0.05, 0.1) is 5.54 Å². The van der Waals surface area contributed by atoms with Crippen LogP contribution in [-0.2, 0) is 20.2 Å². The monoisotopic (exact) mass is 317 g/mol. The van der Waals surface area contributed by atoms with Gasteiger partial charge in [-0.15, -0.1) is 11.6 Å². The summed E-state index contributed by atoms with van der Waals surface area (Å²) >= 11 is 5.99. The number of alkyl halides is 1. The Kier molecular flexibility index (Phi) is 4.87. The summed E-state index contributed by atoms with van der Waals surface area (Å²) in [5.41, 5.74) is 0.00893. The maximum Gasteiger partial charge on any atom is 0.241 e. The molecule has 0 bridgehead atoms. The molecule has 0 radical (unpaired) electrons. The third-order valence-corrected chi connectivity index (χ3v) is 6.12. The van der Waals surface area contributed by atoms with Crippen LogP contribution < -0.4 is 5.32 Å². The van der Waals surface area contributed by atoms with Gasteiger partial charge in [-0.05, 0) is 26.3 Å². The van der Waals surface area contributed by atoms with Crippen molar-refractivity contribution < 1.29 is 13.2 Å². The average molecular weight is 318 g/mol. The van der Waals surface area contributed by atoms with Crippen LogP contribution in [0.4, 0.5) is 0 Å². The molecule has 4 nitrogen and oxygen atoms in total. The zero-order valence-corrected chi connectivity index (χ0v) is 13.7. The molecule has 1 unspecified atom stereocenters. The summed E-state index contributed by atoms with van der Waals surface area (Å²) in [7, 11) is -3.52. The molecule has 0 aromatic heterocycles. The van der Waals surface area contributed by atoms with Crippen LogP contribution in [0.1, 0.15) is 26.3 Å². The van der Waals surface area contributed by atoms with E-state index in [9.17, 15) is 13.2 Å². The highest BCUT2D eigenvalue weighted by Crippen LogP contribution is 2.25. The number of hydrogen-bond donors (Lipinski definition) is 1. The first-order valence-electron chi connectivity index (χ1n) is 6.18. The largest absolute Gasteiger partial charge is 0.344 e. The number of halogens is 1. The highest BCUT2D eigenvalue weighted by Gasteiger charge is 2.41. The molecule has 0 saturated heterocycles. The second-order valence-electron chi connectivity index (χ2n) is 5.57. The standard InChI is InChI=1S/C14H20ClNO3S/c1-13(2,20(4,18)19)12(17)16-14(3,10-15)11-8-6-5-7-9-11/h5-9H,10H2,1-4H3,(H,16,17). The molecule has 1 aromatic carbocycles. The Morgan fingerprint density at radius 1 is 1.20 bits per heavy atom. The van der Waals surface area contributed by atoms with Crippen molar-refractivity contribution in [2.75, 3.05) is 12.1 Å². The van der Waals surface area contributed by atoms with Gasteiger partial charge in [-0.3, -0.25) is 4.79 Å². The lowest BCUT2D eigenvalue weighted by molar-refractivity contribution is -0.124. The van der Waals surface area contributed by atoms with Gasteiger partial charge in [0.25, 0.3) is 0 Å². The van der Waals surface area contributed by atoms with E-state index < -0.39 is 26.0 Å². The highest BCUT2D eigenvalue weighted by atomic mass is 35.5. The molecule has 112 valence electrons. The SMILES string of the molecule is CC(CCl)(NC(=O)C(C)(C)S(C)(=O)=O)c1ccccc1. The van der Waals surface area contributed by atoms with Gasteiger partial charge in [-0.25, -0.2) is 8.42 Å². The number of hydrogen-bond acceptors (Lipinski definition) is 3. The van der Waals surface area contributed by atoms with Crippen molar-refractivity contribution in [3.8, 4) is 0 Å². The second kappa shape index (κ2) is 5.74. The summed E-state index contributed by atoms with van der Waals surface area (Å²) in [6.45, 7) is 4.54. The van der Waals surface area contributed by atoms with Crippen LogP contribution in [0.2, 0.25) is 0 Å². The van der Waals surface area contributed by atoms with Crippen molar-refractivity contribution in [3.05, 3.63) is 35.9 Å². The Morgan fingerprint density at radius 2 is 1.70 bits per heavy atom. The van der Waals surface area contributed by atoms with Gasteiger partial charge in [0, 0.05) is 12.1 Å². The van der Waals surface area contributed by atoms with Gasteiger partial charge in [0.2, 0.25) is 5.91 Å². The fourth-order valence-corrected chi connectivity index (χ4v) is 2.17. The molecular formula is C14H20ClNO3S. The molecule has 6 heteroatoms. The van der Waals surface area contributed by atoms with Crippen molar-refractivity contribution in [1.29, 1.82) is 0 Å². The Hall–Kier alpha value is -1.07. The maximum atomic E-state index is 12.3. The van der Waals surface area contributed by atoms with Crippen LogP contribution in [0.15, 0.2) is 30.3 Å². The second-order valence-corrected chi connectivity index (χ2v) is 8.40. The first kappa shape index (κ1) is 17.0. The summed E-state index contributed by atoms with van der Waals surface area (Å²) in [6.07, 6.45) is 1.05. The van der Waals surface area contributed by atoms with E-state index in [4.69, 9.17) is 11.6 Å². The molecule has 1 N–H and O–H groups in total. The predicted octanol–water partition coefficient (Wildman–Crippen LogP) is 2.08. The molecule has 0 aliphatic heterocycles. The van der Waals surface area contributed by atoms with Crippen LogP contribution in [0, 0.1) is 0 Å². The highest BCUT2D eigenvalue weighted by molar-refractivity contribution is 7.92. The van der Waals surface area contributed by atoms with E-state index in [-0.39, 0.29) is 5.88 Å². The van der Waals surface area contributed by atoms with Crippen LogP contribution in [-0.4, -0.2) is 31.2 Å². The smallest absolute Gasteiger partial charge is 0.241 e. The maximum absolute atomic E-state index is 12.3. The molecule has 1 aromatic rings. The van der Waals surface area contributed by atoms with E-state index in [2.05, 4.69) is 5.32 Å². The number of nitrogens with one attached hydrogen (secondary N) is 1. The van der Waals surface area contributed by atoms with Crippen molar-refractivity contribution in [2.24, 2.45) is 0 Å². The summed E-state index contributed by atoms with van der Waals surface area (Å²) in [6, 6.07) is 9.23. The number of sulfone groups is 1. The molecular weight excluding hydrogens is 298 g/mol. The molecule has 0 saturated carbocycles. The minimum absolute atomic E-state index is 0.141. The van der Waals surface area contributed by atoms with E-state index in [0.717, 1.165) is 11.8 Å². The lowest BCUT2D eigenvalue weighted by atomic mass is 9.93. The van der Waals surface area contributed by atoms with Gasteiger partial charge in [0.1, 0.15) is 4.75 Å². The molecule has 0 aliphatic rings. The topological polar surface area (TPSA) is 63.2 Å². The van der Waals surface area contributed by atoms with Gasteiger partial charge >= 0.3 is 0 Å². The van der Waals surface area contributed by atoms with E-state index in [0.29, 0.717) is 0 Å². The summed E-state index contributed by atoms with van der Waals surface area (Å²) < 4.78 is 21.9. The van der Waals surface area contributed by atoms with Gasteiger partial charge in [0.15, 0.2) is 9.84 Å². The van der Waals surface area contributed by atoms with E-state index >= 15 is 0 Å². The fourth-order valence-electron chi connectivity index (χ4n) is 1.56. The summed E-state index contributed by atoms with van der Waals surface area (Å²) in [5.74, 6) is -0.421. The zero-order chi connectivity index (χ0) is 15.6. The minimum atomic E-state index is -3.52. The number of carbonyl (C=O) groups is 1. The summed E-state index contributed by atoms with van der Waals surface area (Å²) in [5, 5.41) is 2.76. The molecule has 1 atom stereocenters. The first-order chi connectivity index (χ1) is 9.04. The molecule has 0 heterocycles. The molecule has 1 rings (SSSR count).